The van der Waals surface area contributed by atoms with Crippen LogP contribution in [0.3, 0.4) is 0 Å². The van der Waals surface area contributed by atoms with E-state index in [1.807, 2.05) is 29.2 Å². The maximum atomic E-state index is 12.8. The van der Waals surface area contributed by atoms with Gasteiger partial charge in [-0.15, -0.1) is 0 Å². The van der Waals surface area contributed by atoms with Gasteiger partial charge >= 0.3 is 0 Å². The van der Waals surface area contributed by atoms with Gasteiger partial charge in [-0.2, -0.15) is 0 Å². The van der Waals surface area contributed by atoms with Gasteiger partial charge in [0.2, 0.25) is 5.91 Å². The van der Waals surface area contributed by atoms with E-state index < -0.39 is 0 Å². The SMILES string of the molecule is CN=C(NCc1cccc(OCC(=O)N(C)C)c1)NC1CCN(C(=O)C2CCCCC2)C1. The van der Waals surface area contributed by atoms with Crippen LogP contribution in [0.5, 0.6) is 5.75 Å². The molecule has 1 aliphatic heterocycles. The molecule has 1 saturated heterocycles. The second kappa shape index (κ2) is 11.7. The molecule has 1 atom stereocenters. The van der Waals surface area contributed by atoms with E-state index in [2.05, 4.69) is 15.6 Å². The van der Waals surface area contributed by atoms with Gasteiger partial charge in [0.15, 0.2) is 12.6 Å². The minimum atomic E-state index is -0.0780. The molecule has 32 heavy (non-hydrogen) atoms. The predicted molar refractivity (Wildman–Crippen MR) is 126 cm³/mol. The number of aliphatic imine (C=N–C) groups is 1. The third-order valence-electron chi connectivity index (χ3n) is 6.24. The summed E-state index contributed by atoms with van der Waals surface area (Å²) in [7, 11) is 5.17. The lowest BCUT2D eigenvalue weighted by Gasteiger charge is -2.26. The maximum Gasteiger partial charge on any atom is 0.259 e. The highest BCUT2D eigenvalue weighted by molar-refractivity contribution is 5.81. The zero-order chi connectivity index (χ0) is 22.9. The number of rotatable bonds is 7. The lowest BCUT2D eigenvalue weighted by molar-refractivity contribution is -0.135. The predicted octanol–water partition coefficient (Wildman–Crippen LogP) is 2.00. The summed E-state index contributed by atoms with van der Waals surface area (Å²) < 4.78 is 5.59. The van der Waals surface area contributed by atoms with Gasteiger partial charge in [-0.3, -0.25) is 14.6 Å². The summed E-state index contributed by atoms with van der Waals surface area (Å²) in [6.07, 6.45) is 6.65. The first kappa shape index (κ1) is 23.9. The minimum Gasteiger partial charge on any atom is -0.484 e. The van der Waals surface area contributed by atoms with Crippen LogP contribution in [0.15, 0.2) is 29.3 Å². The molecule has 176 valence electrons. The molecule has 2 fully saturated rings. The summed E-state index contributed by atoms with van der Waals surface area (Å²) in [5, 5.41) is 6.79. The standard InChI is InChI=1S/C24H37N5O3/c1-25-24(26-15-18-8-7-11-21(14-18)32-17-22(30)28(2)3)27-20-12-13-29(16-20)23(31)19-9-5-4-6-10-19/h7-8,11,14,19-20H,4-6,9-10,12-13,15-17H2,1-3H3,(H2,25,26,27). The zero-order valence-corrected chi connectivity index (χ0v) is 19.6. The van der Waals surface area contributed by atoms with Crippen molar-refractivity contribution in [2.45, 2.75) is 51.1 Å². The van der Waals surface area contributed by atoms with E-state index in [4.69, 9.17) is 4.74 Å². The molecule has 1 unspecified atom stereocenters. The Labute approximate surface area is 191 Å². The Bertz CT molecular complexity index is 805. The number of carbonyl (C=O) groups is 2. The first-order chi connectivity index (χ1) is 15.5. The number of amides is 2. The molecule has 0 bridgehead atoms. The Morgan fingerprint density at radius 2 is 1.97 bits per heavy atom. The molecular weight excluding hydrogens is 406 g/mol. The molecule has 8 heteroatoms. The van der Waals surface area contributed by atoms with E-state index in [1.165, 1.54) is 24.2 Å². The van der Waals surface area contributed by atoms with Crippen LogP contribution in [-0.4, -0.2) is 74.5 Å². The molecule has 2 amide bonds. The van der Waals surface area contributed by atoms with E-state index in [1.54, 1.807) is 21.1 Å². The second-order valence-corrected chi connectivity index (χ2v) is 8.90. The molecule has 2 N–H and O–H groups in total. The fourth-order valence-corrected chi connectivity index (χ4v) is 4.28. The van der Waals surface area contributed by atoms with Crippen LogP contribution in [0, 0.1) is 5.92 Å². The number of carbonyl (C=O) groups excluding carboxylic acids is 2. The number of hydrogen-bond donors (Lipinski definition) is 2. The topological polar surface area (TPSA) is 86.3 Å². The van der Waals surface area contributed by atoms with E-state index >= 15 is 0 Å². The van der Waals surface area contributed by atoms with Gasteiger partial charge in [-0.1, -0.05) is 31.4 Å². The van der Waals surface area contributed by atoms with Gasteiger partial charge < -0.3 is 25.2 Å². The number of hydrogen-bond acceptors (Lipinski definition) is 4. The van der Waals surface area contributed by atoms with Crippen molar-refractivity contribution in [1.82, 2.24) is 20.4 Å². The number of guanidine groups is 1. The largest absolute Gasteiger partial charge is 0.484 e. The van der Waals surface area contributed by atoms with Gasteiger partial charge in [-0.25, -0.2) is 0 Å². The molecule has 0 spiro atoms. The van der Waals surface area contributed by atoms with E-state index in [0.717, 1.165) is 43.9 Å². The molecule has 1 aromatic carbocycles. The van der Waals surface area contributed by atoms with E-state index in [9.17, 15) is 9.59 Å². The van der Waals surface area contributed by atoms with Gasteiger partial charge in [0.05, 0.1) is 0 Å². The average molecular weight is 444 g/mol. The number of likely N-dealkylation sites (tertiary alicyclic amines) is 1. The van der Waals surface area contributed by atoms with Crippen LogP contribution in [0.25, 0.3) is 0 Å². The number of ether oxygens (including phenoxy) is 1. The number of nitrogens with one attached hydrogen (secondary N) is 2. The first-order valence-electron chi connectivity index (χ1n) is 11.6. The maximum absolute atomic E-state index is 12.8. The molecule has 2 aliphatic rings. The number of nitrogens with zero attached hydrogens (tertiary/aromatic N) is 3. The summed E-state index contributed by atoms with van der Waals surface area (Å²) in [6, 6.07) is 7.88. The Hall–Kier alpha value is -2.77. The van der Waals surface area contributed by atoms with Crippen molar-refractivity contribution in [2.24, 2.45) is 10.9 Å². The van der Waals surface area contributed by atoms with E-state index in [0.29, 0.717) is 18.2 Å². The number of benzene rings is 1. The van der Waals surface area contributed by atoms with Gasteiger partial charge in [0.25, 0.3) is 5.91 Å². The van der Waals surface area contributed by atoms with Crippen molar-refractivity contribution in [3.8, 4) is 5.75 Å². The highest BCUT2D eigenvalue weighted by Gasteiger charge is 2.31. The van der Waals surface area contributed by atoms with Crippen molar-refractivity contribution in [3.05, 3.63) is 29.8 Å². The highest BCUT2D eigenvalue weighted by Crippen LogP contribution is 2.26. The number of likely N-dealkylation sites (N-methyl/N-ethyl adjacent to an activating group) is 1. The van der Waals surface area contributed by atoms with Crippen LogP contribution in [0.4, 0.5) is 0 Å². The average Bonchev–Trinajstić information content (AvgIpc) is 3.29. The van der Waals surface area contributed by atoms with Crippen LogP contribution < -0.4 is 15.4 Å². The molecule has 3 rings (SSSR count). The minimum absolute atomic E-state index is 0.0187. The molecule has 1 aromatic rings. The van der Waals surface area contributed by atoms with Gasteiger partial charge in [0.1, 0.15) is 5.75 Å². The smallest absolute Gasteiger partial charge is 0.259 e. The molecule has 1 aliphatic carbocycles. The van der Waals surface area contributed by atoms with E-state index in [-0.39, 0.29) is 24.5 Å². The van der Waals surface area contributed by atoms with Crippen LogP contribution in [0.1, 0.15) is 44.1 Å². The summed E-state index contributed by atoms with van der Waals surface area (Å²) in [5.41, 5.74) is 1.03. The molecule has 1 heterocycles. The van der Waals surface area contributed by atoms with Crippen molar-refractivity contribution in [1.29, 1.82) is 0 Å². The Kier molecular flexibility index (Phi) is 8.76. The first-order valence-corrected chi connectivity index (χ1v) is 11.6. The second-order valence-electron chi connectivity index (χ2n) is 8.90. The normalized spacial score (nSPS) is 19.5. The molecule has 0 aromatic heterocycles. The van der Waals surface area contributed by atoms with Crippen molar-refractivity contribution in [2.75, 3.05) is 40.8 Å². The molecule has 8 nitrogen and oxygen atoms in total. The Morgan fingerprint density at radius 3 is 2.69 bits per heavy atom. The van der Waals surface area contributed by atoms with Crippen molar-refractivity contribution >= 4 is 17.8 Å². The quantitative estimate of drug-likeness (QED) is 0.497. The summed E-state index contributed by atoms with van der Waals surface area (Å²) in [6.45, 7) is 2.15. The molecule has 0 radical (unpaired) electrons. The lowest BCUT2D eigenvalue weighted by atomic mass is 9.88. The van der Waals surface area contributed by atoms with Crippen LogP contribution in [0.2, 0.25) is 0 Å². The van der Waals surface area contributed by atoms with Gasteiger partial charge in [0, 0.05) is 52.7 Å². The highest BCUT2D eigenvalue weighted by atomic mass is 16.5. The van der Waals surface area contributed by atoms with Crippen molar-refractivity contribution < 1.29 is 14.3 Å². The third kappa shape index (κ3) is 6.87. The summed E-state index contributed by atoms with van der Waals surface area (Å²) in [4.78, 5) is 32.4. The summed E-state index contributed by atoms with van der Waals surface area (Å²) in [5.74, 6) is 1.86. The van der Waals surface area contributed by atoms with Crippen molar-refractivity contribution in [3.63, 3.8) is 0 Å². The fourth-order valence-electron chi connectivity index (χ4n) is 4.28. The third-order valence-corrected chi connectivity index (χ3v) is 6.24. The Balaban J connectivity index is 1.44. The zero-order valence-electron chi connectivity index (χ0n) is 19.6. The summed E-state index contributed by atoms with van der Waals surface area (Å²) >= 11 is 0. The monoisotopic (exact) mass is 443 g/mol. The Morgan fingerprint density at radius 1 is 1.19 bits per heavy atom. The fraction of sp³-hybridized carbons (Fsp3) is 0.625. The molecule has 1 saturated carbocycles. The van der Waals surface area contributed by atoms with Crippen LogP contribution in [-0.2, 0) is 16.1 Å². The van der Waals surface area contributed by atoms with Gasteiger partial charge in [-0.05, 0) is 37.0 Å². The molecular formula is C24H37N5O3. The lowest BCUT2D eigenvalue weighted by Crippen LogP contribution is -2.45. The van der Waals surface area contributed by atoms with Crippen LogP contribution >= 0.6 is 0 Å².